The van der Waals surface area contributed by atoms with Crippen molar-refractivity contribution in [3.8, 4) is 0 Å². The Morgan fingerprint density at radius 1 is 1.08 bits per heavy atom. The minimum atomic E-state index is -0.138. The van der Waals surface area contributed by atoms with Crippen molar-refractivity contribution in [3.05, 3.63) is 78.2 Å². The number of aliphatic hydroxyl groups excluding tert-OH is 1. The van der Waals surface area contributed by atoms with Gasteiger partial charge in [0.1, 0.15) is 0 Å². The third-order valence-electron chi connectivity index (χ3n) is 5.46. The van der Waals surface area contributed by atoms with Crippen LogP contribution < -0.4 is 0 Å². The zero-order valence-electron chi connectivity index (χ0n) is 15.6. The number of rotatable bonds is 6. The van der Waals surface area contributed by atoms with Crippen LogP contribution in [0.4, 0.5) is 0 Å². The van der Waals surface area contributed by atoms with E-state index in [0.717, 1.165) is 12.1 Å². The molecule has 0 aromatic heterocycles. The first-order valence-electron chi connectivity index (χ1n) is 9.44. The number of likely N-dealkylation sites (tertiary alicyclic amines) is 1. The van der Waals surface area contributed by atoms with Gasteiger partial charge in [-0.2, -0.15) is 0 Å². The van der Waals surface area contributed by atoms with Gasteiger partial charge in [0, 0.05) is 30.6 Å². The molecule has 3 nitrogen and oxygen atoms in total. The molecule has 3 rings (SSSR count). The van der Waals surface area contributed by atoms with Crippen LogP contribution in [0.25, 0.3) is 0 Å². The molecule has 1 unspecified atom stereocenters. The van der Waals surface area contributed by atoms with E-state index < -0.39 is 0 Å². The summed E-state index contributed by atoms with van der Waals surface area (Å²) in [7, 11) is 0. The van der Waals surface area contributed by atoms with Gasteiger partial charge >= 0.3 is 0 Å². The molecule has 137 valence electrons. The van der Waals surface area contributed by atoms with E-state index >= 15 is 0 Å². The third kappa shape index (κ3) is 4.05. The van der Waals surface area contributed by atoms with Crippen LogP contribution in [0.15, 0.2) is 60.7 Å². The first-order chi connectivity index (χ1) is 12.6. The summed E-state index contributed by atoms with van der Waals surface area (Å²) in [6.45, 7) is 5.83. The predicted octanol–water partition coefficient (Wildman–Crippen LogP) is 3.81. The van der Waals surface area contributed by atoms with Crippen LogP contribution in [0.3, 0.4) is 0 Å². The topological polar surface area (TPSA) is 40.5 Å². The fraction of sp³-hybridized carbons (Fsp3) is 0.391. The quantitative estimate of drug-likeness (QED) is 0.806. The average Bonchev–Trinajstić information content (AvgIpc) is 2.69. The van der Waals surface area contributed by atoms with Crippen molar-refractivity contribution in [2.75, 3.05) is 19.7 Å². The predicted molar refractivity (Wildman–Crippen MR) is 105 cm³/mol. The van der Waals surface area contributed by atoms with Crippen molar-refractivity contribution in [1.29, 1.82) is 0 Å². The molecular weight excluding hydrogens is 322 g/mol. The Balaban J connectivity index is 1.90. The van der Waals surface area contributed by atoms with E-state index in [1.165, 1.54) is 5.56 Å². The Labute approximate surface area is 156 Å². The van der Waals surface area contributed by atoms with Gasteiger partial charge in [0.05, 0.1) is 6.61 Å². The van der Waals surface area contributed by atoms with E-state index in [-0.39, 0.29) is 30.3 Å². The number of hydrogen-bond acceptors (Lipinski definition) is 3. The smallest absolute Gasteiger partial charge is 0.167 e. The van der Waals surface area contributed by atoms with E-state index in [9.17, 15) is 9.90 Å². The van der Waals surface area contributed by atoms with Crippen LogP contribution in [0.1, 0.15) is 35.7 Å². The fourth-order valence-corrected chi connectivity index (χ4v) is 3.98. The van der Waals surface area contributed by atoms with Gasteiger partial charge in [-0.1, -0.05) is 74.5 Å². The Hall–Kier alpha value is -1.97. The minimum absolute atomic E-state index is 0.0778. The summed E-state index contributed by atoms with van der Waals surface area (Å²) < 4.78 is 0. The van der Waals surface area contributed by atoms with Gasteiger partial charge in [-0.25, -0.2) is 0 Å². The molecule has 1 N–H and O–H groups in total. The van der Waals surface area contributed by atoms with Crippen molar-refractivity contribution in [2.45, 2.75) is 25.8 Å². The highest BCUT2D eigenvalue weighted by Crippen LogP contribution is 2.35. The number of nitrogens with zero attached hydrogens (tertiary/aromatic N) is 1. The molecule has 0 aliphatic carbocycles. The molecule has 2 aromatic carbocycles. The fourth-order valence-electron chi connectivity index (χ4n) is 3.98. The number of hydrogen-bond donors (Lipinski definition) is 1. The number of carbonyl (C=O) groups excluding carboxylic acids is 1. The van der Waals surface area contributed by atoms with Gasteiger partial charge in [-0.05, 0) is 23.8 Å². The highest BCUT2D eigenvalue weighted by atomic mass is 16.3. The van der Waals surface area contributed by atoms with E-state index in [2.05, 4.69) is 37.3 Å². The van der Waals surface area contributed by atoms with Crippen LogP contribution in [0.5, 0.6) is 0 Å². The lowest BCUT2D eigenvalue weighted by Crippen LogP contribution is -2.51. The Morgan fingerprint density at radius 2 is 1.69 bits per heavy atom. The van der Waals surface area contributed by atoms with E-state index in [4.69, 9.17) is 0 Å². The van der Waals surface area contributed by atoms with Gasteiger partial charge in [0.25, 0.3) is 0 Å². The summed E-state index contributed by atoms with van der Waals surface area (Å²) in [5.41, 5.74) is 1.95. The number of ketones is 1. The molecule has 3 heteroatoms. The van der Waals surface area contributed by atoms with E-state index in [1.807, 2.05) is 48.5 Å². The largest absolute Gasteiger partial charge is 0.395 e. The van der Waals surface area contributed by atoms with Crippen LogP contribution in [0.2, 0.25) is 0 Å². The van der Waals surface area contributed by atoms with Gasteiger partial charge in [0.2, 0.25) is 0 Å². The maximum atomic E-state index is 13.3. The molecule has 1 aliphatic rings. The molecule has 0 saturated carbocycles. The summed E-state index contributed by atoms with van der Waals surface area (Å²) in [5, 5.41) is 9.83. The standard InChI is InChI=1S/C23H28NO2/c1-17(2)22(16-25)24-14-13-20(18-9-5-3-6-10-18)21(15-24)23(26)19-11-7-4-8-12-19/h3-13,17,20-22,25H,14-16H2,1-2H3/t20-,21-,22?/m1/s1. The molecule has 1 aliphatic heterocycles. The normalized spacial score (nSPS) is 22.3. The Bertz CT molecular complexity index is 699. The second-order valence-corrected chi connectivity index (χ2v) is 7.46. The molecule has 1 radical (unpaired) electrons. The summed E-state index contributed by atoms with van der Waals surface area (Å²) >= 11 is 0. The summed E-state index contributed by atoms with van der Waals surface area (Å²) in [6.07, 6.45) is 2.25. The number of aliphatic hydroxyl groups is 1. The lowest BCUT2D eigenvalue weighted by Gasteiger charge is -2.42. The van der Waals surface area contributed by atoms with Crippen molar-refractivity contribution in [1.82, 2.24) is 4.90 Å². The summed E-state index contributed by atoms with van der Waals surface area (Å²) in [6, 6.07) is 19.9. The monoisotopic (exact) mass is 350 g/mol. The molecule has 0 bridgehead atoms. The zero-order valence-corrected chi connectivity index (χ0v) is 15.6. The number of benzene rings is 2. The van der Waals surface area contributed by atoms with Gasteiger partial charge in [-0.3, -0.25) is 9.69 Å². The SMILES string of the molecule is CC(C)C(CO)N1C[CH][C@H](c2ccccc2)[C@H](C(=O)c2ccccc2)C1. The first kappa shape index (κ1) is 18.8. The zero-order chi connectivity index (χ0) is 18.5. The average molecular weight is 350 g/mol. The number of carbonyl (C=O) groups is 1. The minimum Gasteiger partial charge on any atom is -0.395 e. The Kier molecular flexibility index (Phi) is 6.23. The first-order valence-corrected chi connectivity index (χ1v) is 9.44. The van der Waals surface area contributed by atoms with Crippen molar-refractivity contribution in [3.63, 3.8) is 0 Å². The van der Waals surface area contributed by atoms with E-state index in [1.54, 1.807) is 0 Å². The molecule has 0 spiro atoms. The third-order valence-corrected chi connectivity index (χ3v) is 5.46. The van der Waals surface area contributed by atoms with Crippen molar-refractivity contribution >= 4 is 5.78 Å². The molecule has 2 aromatic rings. The van der Waals surface area contributed by atoms with Crippen molar-refractivity contribution < 1.29 is 9.90 Å². The van der Waals surface area contributed by atoms with E-state index in [0.29, 0.717) is 12.5 Å². The second kappa shape index (κ2) is 8.61. The van der Waals surface area contributed by atoms with Gasteiger partial charge in [-0.15, -0.1) is 0 Å². The second-order valence-electron chi connectivity index (χ2n) is 7.46. The maximum absolute atomic E-state index is 13.3. The highest BCUT2D eigenvalue weighted by molar-refractivity contribution is 5.98. The van der Waals surface area contributed by atoms with Gasteiger partial charge in [0.15, 0.2) is 5.78 Å². The van der Waals surface area contributed by atoms with Crippen LogP contribution >= 0.6 is 0 Å². The van der Waals surface area contributed by atoms with Crippen LogP contribution in [-0.2, 0) is 0 Å². The molecule has 3 atom stereocenters. The molecular formula is C23H28NO2. The summed E-state index contributed by atoms with van der Waals surface area (Å²) in [5.74, 6) is 0.489. The van der Waals surface area contributed by atoms with Crippen LogP contribution in [0, 0.1) is 18.3 Å². The molecule has 1 saturated heterocycles. The lowest BCUT2D eigenvalue weighted by molar-refractivity contribution is 0.0549. The lowest BCUT2D eigenvalue weighted by atomic mass is 9.76. The summed E-state index contributed by atoms with van der Waals surface area (Å²) in [4.78, 5) is 15.6. The molecule has 26 heavy (non-hydrogen) atoms. The Morgan fingerprint density at radius 3 is 2.27 bits per heavy atom. The highest BCUT2D eigenvalue weighted by Gasteiger charge is 2.38. The number of piperidine rings is 1. The number of Topliss-reactive ketones (excluding diaryl/α,β-unsaturated/α-hetero) is 1. The van der Waals surface area contributed by atoms with Crippen molar-refractivity contribution in [2.24, 2.45) is 11.8 Å². The maximum Gasteiger partial charge on any atom is 0.167 e. The molecule has 1 heterocycles. The molecule has 1 fully saturated rings. The van der Waals surface area contributed by atoms with Gasteiger partial charge < -0.3 is 5.11 Å². The molecule has 0 amide bonds. The van der Waals surface area contributed by atoms with Crippen LogP contribution in [-0.4, -0.2) is 41.5 Å².